The Morgan fingerprint density at radius 3 is 2.72 bits per heavy atom. The number of hydrogen-bond donors (Lipinski definition) is 2. The van der Waals surface area contributed by atoms with E-state index in [1.54, 1.807) is 7.11 Å². The van der Waals surface area contributed by atoms with Gasteiger partial charge in [0.1, 0.15) is 30.3 Å². The number of allylic oxidation sites excluding steroid dienone is 4. The molecule has 3 aromatic rings. The molecule has 1 saturated heterocycles. The summed E-state index contributed by atoms with van der Waals surface area (Å²) in [6.07, 6.45) is 8.77. The third-order valence-electron chi connectivity index (χ3n) is 6.40. The van der Waals surface area contributed by atoms with E-state index >= 15 is 0 Å². The van der Waals surface area contributed by atoms with Gasteiger partial charge in [0.05, 0.1) is 37.2 Å². The Morgan fingerprint density at radius 2 is 1.97 bits per heavy atom. The molecular formula is C30H35N5O4. The zero-order chi connectivity index (χ0) is 27.6. The molecule has 0 bridgehead atoms. The van der Waals surface area contributed by atoms with Gasteiger partial charge in [-0.15, -0.1) is 0 Å². The topological polar surface area (TPSA) is 97.8 Å². The average Bonchev–Trinajstić information content (AvgIpc) is 2.96. The van der Waals surface area contributed by atoms with E-state index in [4.69, 9.17) is 14.2 Å². The Hall–Kier alpha value is -4.21. The fourth-order valence-electron chi connectivity index (χ4n) is 4.21. The first-order chi connectivity index (χ1) is 19.0. The van der Waals surface area contributed by atoms with Crippen molar-refractivity contribution in [2.75, 3.05) is 57.2 Å². The van der Waals surface area contributed by atoms with Crippen LogP contribution in [0.15, 0.2) is 67.5 Å². The summed E-state index contributed by atoms with van der Waals surface area (Å²) >= 11 is 0. The SMILES string of the molecule is C=CC(=O)Nc1cc2c(Nc3cc(/C(C)=C/C=C\C)ccc3OC)ncnc2cc1OCCN1CCOCC1. The summed E-state index contributed by atoms with van der Waals surface area (Å²) in [5.41, 5.74) is 4.10. The largest absolute Gasteiger partial charge is 0.495 e. The lowest BCUT2D eigenvalue weighted by atomic mass is 10.1. The van der Waals surface area contributed by atoms with E-state index in [2.05, 4.69) is 45.1 Å². The van der Waals surface area contributed by atoms with Crippen LogP contribution in [0.1, 0.15) is 19.4 Å². The van der Waals surface area contributed by atoms with E-state index in [-0.39, 0.29) is 5.91 Å². The van der Waals surface area contributed by atoms with Crippen LogP contribution in [0.3, 0.4) is 0 Å². The Kier molecular flexibility index (Phi) is 9.66. The Labute approximate surface area is 229 Å². The molecule has 0 radical (unpaired) electrons. The summed E-state index contributed by atoms with van der Waals surface area (Å²) < 4.78 is 17.1. The lowest BCUT2D eigenvalue weighted by Gasteiger charge is -2.26. The third-order valence-corrected chi connectivity index (χ3v) is 6.40. The van der Waals surface area contributed by atoms with Gasteiger partial charge in [0.25, 0.3) is 0 Å². The molecule has 1 aliphatic rings. The van der Waals surface area contributed by atoms with Crippen LogP contribution in [0.4, 0.5) is 17.2 Å². The van der Waals surface area contributed by atoms with Gasteiger partial charge in [-0.25, -0.2) is 9.97 Å². The van der Waals surface area contributed by atoms with Crippen molar-refractivity contribution >= 4 is 39.6 Å². The second-order valence-electron chi connectivity index (χ2n) is 9.00. The molecule has 0 unspecified atom stereocenters. The maximum Gasteiger partial charge on any atom is 0.247 e. The van der Waals surface area contributed by atoms with E-state index in [0.717, 1.165) is 49.7 Å². The highest BCUT2D eigenvalue weighted by atomic mass is 16.5. The lowest BCUT2D eigenvalue weighted by Crippen LogP contribution is -2.38. The van der Waals surface area contributed by atoms with Crippen molar-refractivity contribution < 1.29 is 19.0 Å². The molecule has 1 aromatic heterocycles. The van der Waals surface area contributed by atoms with Crippen LogP contribution in [-0.2, 0) is 9.53 Å². The highest BCUT2D eigenvalue weighted by Crippen LogP contribution is 2.36. The number of ether oxygens (including phenoxy) is 3. The molecular weight excluding hydrogens is 494 g/mol. The number of fused-ring (bicyclic) bond motifs is 1. The van der Waals surface area contributed by atoms with Gasteiger partial charge in [-0.1, -0.05) is 30.9 Å². The van der Waals surface area contributed by atoms with Gasteiger partial charge in [0.2, 0.25) is 5.91 Å². The third kappa shape index (κ3) is 7.22. The van der Waals surface area contributed by atoms with Crippen LogP contribution in [0, 0.1) is 0 Å². The Morgan fingerprint density at radius 1 is 1.15 bits per heavy atom. The smallest absolute Gasteiger partial charge is 0.247 e. The molecule has 4 rings (SSSR count). The number of nitrogens with zero attached hydrogens (tertiary/aromatic N) is 3. The fourth-order valence-corrected chi connectivity index (χ4v) is 4.21. The maximum absolute atomic E-state index is 12.2. The molecule has 1 fully saturated rings. The molecule has 0 atom stereocenters. The number of nitrogens with one attached hydrogen (secondary N) is 2. The van der Waals surface area contributed by atoms with Gasteiger partial charge in [-0.3, -0.25) is 9.69 Å². The predicted octanol–water partition coefficient (Wildman–Crippen LogP) is 5.20. The molecule has 0 spiro atoms. The zero-order valence-corrected chi connectivity index (χ0v) is 22.7. The number of anilines is 3. The van der Waals surface area contributed by atoms with E-state index < -0.39 is 0 Å². The van der Waals surface area contributed by atoms with Gasteiger partial charge in [-0.2, -0.15) is 0 Å². The van der Waals surface area contributed by atoms with Crippen LogP contribution in [-0.4, -0.2) is 67.3 Å². The monoisotopic (exact) mass is 529 g/mol. The predicted molar refractivity (Wildman–Crippen MR) is 156 cm³/mol. The van der Waals surface area contributed by atoms with Crippen molar-refractivity contribution in [1.29, 1.82) is 0 Å². The standard InChI is InChI=1S/C30H35N5O4/c1-5-7-8-21(3)22-9-10-27(37-4)25(17-22)34-30-23-18-26(33-29(36)6-2)28(19-24(23)31-20-32-30)39-16-13-35-11-14-38-15-12-35/h5-10,17-20H,2,11-16H2,1,3-4H3,(H,33,36)(H,31,32,34)/b7-5-,21-8+. The van der Waals surface area contributed by atoms with Crippen molar-refractivity contribution in [1.82, 2.24) is 14.9 Å². The first-order valence-corrected chi connectivity index (χ1v) is 12.9. The molecule has 9 nitrogen and oxygen atoms in total. The van der Waals surface area contributed by atoms with Gasteiger partial charge in [0.15, 0.2) is 0 Å². The minimum atomic E-state index is -0.337. The van der Waals surface area contributed by atoms with Gasteiger partial charge >= 0.3 is 0 Å². The highest BCUT2D eigenvalue weighted by Gasteiger charge is 2.16. The second kappa shape index (κ2) is 13.5. The molecule has 2 heterocycles. The number of morpholine rings is 1. The summed E-state index contributed by atoms with van der Waals surface area (Å²) in [7, 11) is 1.63. The number of aromatic nitrogens is 2. The lowest BCUT2D eigenvalue weighted by molar-refractivity contribution is -0.111. The van der Waals surface area contributed by atoms with Crippen molar-refractivity contribution in [2.45, 2.75) is 13.8 Å². The van der Waals surface area contributed by atoms with Crippen molar-refractivity contribution in [3.05, 3.63) is 73.1 Å². The van der Waals surface area contributed by atoms with E-state index in [9.17, 15) is 4.79 Å². The fraction of sp³-hybridized carbons (Fsp3) is 0.300. The molecule has 1 aliphatic heterocycles. The first-order valence-electron chi connectivity index (χ1n) is 12.9. The van der Waals surface area contributed by atoms with E-state index in [1.807, 2.05) is 49.4 Å². The van der Waals surface area contributed by atoms with Crippen molar-refractivity contribution in [2.24, 2.45) is 0 Å². The van der Waals surface area contributed by atoms with Crippen LogP contribution >= 0.6 is 0 Å². The van der Waals surface area contributed by atoms with E-state index in [1.165, 1.54) is 12.4 Å². The van der Waals surface area contributed by atoms with Crippen LogP contribution in [0.25, 0.3) is 16.5 Å². The summed E-state index contributed by atoms with van der Waals surface area (Å²) in [5, 5.41) is 6.98. The molecule has 2 N–H and O–H groups in total. The highest BCUT2D eigenvalue weighted by molar-refractivity contribution is 6.03. The zero-order valence-electron chi connectivity index (χ0n) is 22.7. The Balaban J connectivity index is 1.66. The number of hydrogen-bond acceptors (Lipinski definition) is 8. The molecule has 1 amide bonds. The summed E-state index contributed by atoms with van der Waals surface area (Å²) in [6.45, 7) is 12.0. The van der Waals surface area contributed by atoms with Crippen LogP contribution in [0.2, 0.25) is 0 Å². The normalized spacial score (nSPS) is 14.4. The van der Waals surface area contributed by atoms with Crippen LogP contribution < -0.4 is 20.1 Å². The molecule has 9 heteroatoms. The number of methoxy groups -OCH3 is 1. The number of carbonyl (C=O) groups excluding carboxylic acids is 1. The molecule has 204 valence electrons. The van der Waals surface area contributed by atoms with Gasteiger partial charge < -0.3 is 24.8 Å². The van der Waals surface area contributed by atoms with E-state index in [0.29, 0.717) is 40.5 Å². The molecule has 0 aliphatic carbocycles. The number of amides is 1. The van der Waals surface area contributed by atoms with Gasteiger partial charge in [-0.05, 0) is 49.3 Å². The number of rotatable bonds is 11. The first kappa shape index (κ1) is 27.8. The maximum atomic E-state index is 12.2. The van der Waals surface area contributed by atoms with Crippen LogP contribution in [0.5, 0.6) is 11.5 Å². The second-order valence-corrected chi connectivity index (χ2v) is 9.00. The van der Waals surface area contributed by atoms with Crippen molar-refractivity contribution in [3.8, 4) is 11.5 Å². The molecule has 0 saturated carbocycles. The summed E-state index contributed by atoms with van der Waals surface area (Å²) in [6, 6.07) is 9.59. The summed E-state index contributed by atoms with van der Waals surface area (Å²) in [5.74, 6) is 1.43. The van der Waals surface area contributed by atoms with Crippen molar-refractivity contribution in [3.63, 3.8) is 0 Å². The minimum absolute atomic E-state index is 0.337. The number of carbonyl (C=O) groups is 1. The average molecular weight is 530 g/mol. The minimum Gasteiger partial charge on any atom is -0.495 e. The van der Waals surface area contributed by atoms with Gasteiger partial charge in [0, 0.05) is 31.1 Å². The molecule has 39 heavy (non-hydrogen) atoms. The number of benzene rings is 2. The summed E-state index contributed by atoms with van der Waals surface area (Å²) in [4.78, 5) is 23.5. The quantitative estimate of drug-likeness (QED) is 0.259. The Bertz CT molecular complexity index is 1380. The molecule has 2 aromatic carbocycles.